The predicted octanol–water partition coefficient (Wildman–Crippen LogP) is 3.66. The molecule has 0 aliphatic carbocycles. The molecule has 1 fully saturated rings. The Morgan fingerprint density at radius 2 is 1.96 bits per heavy atom. The lowest BCUT2D eigenvalue weighted by molar-refractivity contribution is -0.138. The summed E-state index contributed by atoms with van der Waals surface area (Å²) in [5.41, 5.74) is 0.000607. The van der Waals surface area contributed by atoms with E-state index in [1.165, 1.54) is 12.1 Å². The first-order chi connectivity index (χ1) is 12.3. The van der Waals surface area contributed by atoms with Crippen molar-refractivity contribution in [3.05, 3.63) is 35.2 Å². The Hall–Kier alpha value is -2.29. The number of anilines is 2. The molecule has 2 aromatic rings. The van der Waals surface area contributed by atoms with Gasteiger partial charge in [0.15, 0.2) is 5.82 Å². The van der Waals surface area contributed by atoms with Crippen LogP contribution in [0.2, 0.25) is 0 Å². The van der Waals surface area contributed by atoms with E-state index < -0.39 is 11.7 Å². The molecule has 1 N–H and O–H groups in total. The van der Waals surface area contributed by atoms with Crippen LogP contribution in [0.4, 0.5) is 24.9 Å². The first-order valence-corrected chi connectivity index (χ1v) is 8.45. The molecule has 3 rings (SSSR count). The van der Waals surface area contributed by atoms with Gasteiger partial charge in [0.25, 0.3) is 0 Å². The topological polar surface area (TPSA) is 63.4 Å². The summed E-state index contributed by atoms with van der Waals surface area (Å²) >= 11 is 0. The van der Waals surface area contributed by atoms with Gasteiger partial charge in [-0.2, -0.15) is 18.2 Å². The minimum absolute atomic E-state index is 0.0576. The SMILES string of the molecule is CC(C)c1noc(NCc2ccc(N3CCOCC3)cc2C(F)(F)F)n1. The number of rotatable bonds is 5. The van der Waals surface area contributed by atoms with Gasteiger partial charge in [-0.25, -0.2) is 0 Å². The minimum atomic E-state index is -4.45. The Morgan fingerprint density at radius 3 is 2.58 bits per heavy atom. The minimum Gasteiger partial charge on any atom is -0.378 e. The fourth-order valence-electron chi connectivity index (χ4n) is 2.71. The van der Waals surface area contributed by atoms with Crippen LogP contribution in [-0.4, -0.2) is 36.4 Å². The van der Waals surface area contributed by atoms with E-state index in [2.05, 4.69) is 15.5 Å². The quantitative estimate of drug-likeness (QED) is 0.867. The second-order valence-corrected chi connectivity index (χ2v) is 6.40. The molecule has 1 aromatic carbocycles. The first kappa shape index (κ1) is 18.5. The molecule has 6 nitrogen and oxygen atoms in total. The third-order valence-electron chi connectivity index (χ3n) is 4.16. The summed E-state index contributed by atoms with van der Waals surface area (Å²) in [7, 11) is 0. The van der Waals surface area contributed by atoms with Crippen LogP contribution < -0.4 is 10.2 Å². The first-order valence-electron chi connectivity index (χ1n) is 8.45. The monoisotopic (exact) mass is 370 g/mol. The van der Waals surface area contributed by atoms with E-state index in [4.69, 9.17) is 9.26 Å². The molecule has 1 aliphatic heterocycles. The van der Waals surface area contributed by atoms with Gasteiger partial charge in [0.2, 0.25) is 0 Å². The molecule has 0 saturated carbocycles. The van der Waals surface area contributed by atoms with Crippen molar-refractivity contribution in [2.75, 3.05) is 36.5 Å². The highest BCUT2D eigenvalue weighted by atomic mass is 19.4. The van der Waals surface area contributed by atoms with Gasteiger partial charge in [0.05, 0.1) is 18.8 Å². The summed E-state index contributed by atoms with van der Waals surface area (Å²) in [4.78, 5) is 6.01. The van der Waals surface area contributed by atoms with Crippen LogP contribution in [0, 0.1) is 0 Å². The van der Waals surface area contributed by atoms with Gasteiger partial charge in [-0.3, -0.25) is 0 Å². The lowest BCUT2D eigenvalue weighted by Gasteiger charge is -2.29. The van der Waals surface area contributed by atoms with Crippen molar-refractivity contribution in [1.82, 2.24) is 10.1 Å². The van der Waals surface area contributed by atoms with Gasteiger partial charge < -0.3 is 19.5 Å². The third kappa shape index (κ3) is 4.27. The summed E-state index contributed by atoms with van der Waals surface area (Å²) in [6, 6.07) is 4.49. The largest absolute Gasteiger partial charge is 0.416 e. The van der Waals surface area contributed by atoms with Gasteiger partial charge in [-0.1, -0.05) is 25.1 Å². The maximum Gasteiger partial charge on any atom is 0.416 e. The molecule has 26 heavy (non-hydrogen) atoms. The summed E-state index contributed by atoms with van der Waals surface area (Å²) in [6.45, 7) is 5.93. The molecule has 2 heterocycles. The number of alkyl halides is 3. The molecule has 0 bridgehead atoms. The molecule has 1 aliphatic rings. The Balaban J connectivity index is 1.78. The molecular weight excluding hydrogens is 349 g/mol. The van der Waals surface area contributed by atoms with Crippen LogP contribution >= 0.6 is 0 Å². The predicted molar refractivity (Wildman–Crippen MR) is 90.2 cm³/mol. The van der Waals surface area contributed by atoms with Crippen molar-refractivity contribution in [1.29, 1.82) is 0 Å². The molecular formula is C17H21F3N4O2. The summed E-state index contributed by atoms with van der Waals surface area (Å²) in [5.74, 6) is 0.582. The molecule has 0 atom stereocenters. The molecule has 9 heteroatoms. The zero-order valence-corrected chi connectivity index (χ0v) is 14.6. The van der Waals surface area contributed by atoms with Crippen molar-refractivity contribution in [2.45, 2.75) is 32.5 Å². The highest BCUT2D eigenvalue weighted by Crippen LogP contribution is 2.35. The lowest BCUT2D eigenvalue weighted by Crippen LogP contribution is -2.36. The van der Waals surface area contributed by atoms with Gasteiger partial charge >= 0.3 is 12.2 Å². The average Bonchev–Trinajstić information content (AvgIpc) is 3.09. The molecule has 1 saturated heterocycles. The van der Waals surface area contributed by atoms with Crippen LogP contribution in [0.15, 0.2) is 22.7 Å². The number of morpholine rings is 1. The summed E-state index contributed by atoms with van der Waals surface area (Å²) < 4.78 is 50.8. The zero-order chi connectivity index (χ0) is 18.7. The fraction of sp³-hybridized carbons (Fsp3) is 0.529. The zero-order valence-electron chi connectivity index (χ0n) is 14.6. The number of hydrogen-bond acceptors (Lipinski definition) is 6. The van der Waals surface area contributed by atoms with Gasteiger partial charge in [-0.15, -0.1) is 0 Å². The third-order valence-corrected chi connectivity index (χ3v) is 4.16. The van der Waals surface area contributed by atoms with Crippen LogP contribution in [0.1, 0.15) is 36.7 Å². The van der Waals surface area contributed by atoms with Gasteiger partial charge in [0.1, 0.15) is 0 Å². The molecule has 0 spiro atoms. The van der Waals surface area contributed by atoms with Crippen LogP contribution in [0.3, 0.4) is 0 Å². The van der Waals surface area contributed by atoms with E-state index in [0.29, 0.717) is 37.8 Å². The Morgan fingerprint density at radius 1 is 1.23 bits per heavy atom. The molecule has 0 amide bonds. The standard InChI is InChI=1S/C17H21F3N4O2/c1-11(2)15-22-16(26-23-15)21-10-12-3-4-13(9-14(12)17(18,19)20)24-5-7-25-8-6-24/h3-4,9,11H,5-8,10H2,1-2H3,(H,21,22,23). The van der Waals surface area contributed by atoms with Crippen molar-refractivity contribution in [2.24, 2.45) is 0 Å². The van der Waals surface area contributed by atoms with Crippen molar-refractivity contribution in [3.63, 3.8) is 0 Å². The van der Waals surface area contributed by atoms with E-state index in [9.17, 15) is 13.2 Å². The van der Waals surface area contributed by atoms with E-state index in [1.54, 1.807) is 6.07 Å². The Kier molecular flexibility index (Phi) is 5.36. The molecule has 1 aromatic heterocycles. The Bertz CT molecular complexity index is 740. The number of benzene rings is 1. The highest BCUT2D eigenvalue weighted by molar-refractivity contribution is 5.52. The molecule has 0 radical (unpaired) electrons. The lowest BCUT2D eigenvalue weighted by atomic mass is 10.1. The normalized spacial score (nSPS) is 15.5. The maximum absolute atomic E-state index is 13.5. The van der Waals surface area contributed by atoms with Crippen LogP contribution in [-0.2, 0) is 17.5 Å². The van der Waals surface area contributed by atoms with Crippen molar-refractivity contribution >= 4 is 11.7 Å². The average molecular weight is 370 g/mol. The highest BCUT2D eigenvalue weighted by Gasteiger charge is 2.34. The van der Waals surface area contributed by atoms with E-state index >= 15 is 0 Å². The van der Waals surface area contributed by atoms with Gasteiger partial charge in [-0.05, 0) is 17.7 Å². The van der Waals surface area contributed by atoms with E-state index in [-0.39, 0.29) is 24.0 Å². The molecule has 142 valence electrons. The second kappa shape index (κ2) is 7.53. The number of halogens is 3. The molecule has 0 unspecified atom stereocenters. The fourth-order valence-corrected chi connectivity index (χ4v) is 2.71. The number of aromatic nitrogens is 2. The smallest absolute Gasteiger partial charge is 0.378 e. The Labute approximate surface area is 149 Å². The summed E-state index contributed by atoms with van der Waals surface area (Å²) in [5, 5.41) is 6.56. The van der Waals surface area contributed by atoms with E-state index in [0.717, 1.165) is 0 Å². The number of nitrogens with zero attached hydrogens (tertiary/aromatic N) is 3. The van der Waals surface area contributed by atoms with Crippen LogP contribution in [0.5, 0.6) is 0 Å². The van der Waals surface area contributed by atoms with Crippen molar-refractivity contribution in [3.8, 4) is 0 Å². The maximum atomic E-state index is 13.5. The van der Waals surface area contributed by atoms with Gasteiger partial charge in [0, 0.05) is 31.2 Å². The van der Waals surface area contributed by atoms with Crippen molar-refractivity contribution < 1.29 is 22.4 Å². The second-order valence-electron chi connectivity index (χ2n) is 6.40. The number of nitrogens with one attached hydrogen (secondary N) is 1. The number of hydrogen-bond donors (Lipinski definition) is 1. The summed E-state index contributed by atoms with van der Waals surface area (Å²) in [6.07, 6.45) is -4.45. The van der Waals surface area contributed by atoms with Crippen LogP contribution in [0.25, 0.3) is 0 Å². The van der Waals surface area contributed by atoms with E-state index in [1.807, 2.05) is 18.7 Å². The number of ether oxygens (including phenoxy) is 1.